The Labute approximate surface area is 104 Å². The third kappa shape index (κ3) is 1.65. The van der Waals surface area contributed by atoms with E-state index in [4.69, 9.17) is 0 Å². The molecular formula is C12H14N4O2. The van der Waals surface area contributed by atoms with E-state index < -0.39 is 5.60 Å². The standard InChI is InChI=1S/C12H14N4O2/c1-8-3-4-10-13-5-9(16(10)14-8)11(17)15-6-12(2,18)7-15/h3-5,18H,6-7H2,1-2H3. The van der Waals surface area contributed by atoms with Crippen molar-refractivity contribution < 1.29 is 9.90 Å². The van der Waals surface area contributed by atoms with Crippen LogP contribution in [0.2, 0.25) is 0 Å². The van der Waals surface area contributed by atoms with Crippen LogP contribution in [0.25, 0.3) is 5.65 Å². The minimum atomic E-state index is -0.764. The molecule has 18 heavy (non-hydrogen) atoms. The van der Waals surface area contributed by atoms with Crippen LogP contribution in [0.5, 0.6) is 0 Å². The number of hydrogen-bond acceptors (Lipinski definition) is 4. The highest BCUT2D eigenvalue weighted by atomic mass is 16.3. The number of carbonyl (C=O) groups is 1. The van der Waals surface area contributed by atoms with Crippen molar-refractivity contribution in [3.8, 4) is 0 Å². The van der Waals surface area contributed by atoms with Crippen LogP contribution in [0.3, 0.4) is 0 Å². The molecule has 0 bridgehead atoms. The molecule has 1 N–H and O–H groups in total. The lowest BCUT2D eigenvalue weighted by molar-refractivity contribution is -0.0671. The van der Waals surface area contributed by atoms with E-state index in [2.05, 4.69) is 10.1 Å². The topological polar surface area (TPSA) is 70.7 Å². The Balaban J connectivity index is 1.95. The molecule has 1 amide bonds. The van der Waals surface area contributed by atoms with Crippen LogP contribution in [-0.2, 0) is 0 Å². The van der Waals surface area contributed by atoms with Crippen LogP contribution >= 0.6 is 0 Å². The van der Waals surface area contributed by atoms with E-state index >= 15 is 0 Å². The van der Waals surface area contributed by atoms with Gasteiger partial charge in [-0.1, -0.05) is 0 Å². The Morgan fingerprint density at radius 3 is 2.83 bits per heavy atom. The molecule has 6 nitrogen and oxygen atoms in total. The van der Waals surface area contributed by atoms with Gasteiger partial charge in [-0.2, -0.15) is 5.10 Å². The first-order chi connectivity index (χ1) is 8.46. The summed E-state index contributed by atoms with van der Waals surface area (Å²) in [5.74, 6) is -0.146. The number of hydrogen-bond donors (Lipinski definition) is 1. The number of fused-ring (bicyclic) bond motifs is 1. The molecule has 1 fully saturated rings. The number of nitrogens with zero attached hydrogens (tertiary/aromatic N) is 4. The van der Waals surface area contributed by atoms with Gasteiger partial charge in [0.15, 0.2) is 11.3 Å². The Morgan fingerprint density at radius 1 is 1.44 bits per heavy atom. The second-order valence-corrected chi connectivity index (χ2v) is 5.05. The van der Waals surface area contributed by atoms with Gasteiger partial charge in [-0.15, -0.1) is 0 Å². The first-order valence-corrected chi connectivity index (χ1v) is 5.79. The second kappa shape index (κ2) is 3.52. The molecule has 6 heteroatoms. The SMILES string of the molecule is Cc1ccc2ncc(C(=O)N3CC(C)(O)C3)n2n1. The number of likely N-dealkylation sites (tertiary alicyclic amines) is 1. The fourth-order valence-electron chi connectivity index (χ4n) is 2.19. The van der Waals surface area contributed by atoms with E-state index in [1.54, 1.807) is 16.3 Å². The van der Waals surface area contributed by atoms with Gasteiger partial charge in [0.05, 0.1) is 30.6 Å². The number of carbonyl (C=O) groups excluding carboxylic acids is 1. The summed E-state index contributed by atoms with van der Waals surface area (Å²) in [5, 5.41) is 13.9. The number of amides is 1. The van der Waals surface area contributed by atoms with Crippen molar-refractivity contribution in [1.82, 2.24) is 19.5 Å². The van der Waals surface area contributed by atoms with E-state index in [1.165, 1.54) is 6.20 Å². The monoisotopic (exact) mass is 246 g/mol. The van der Waals surface area contributed by atoms with E-state index in [9.17, 15) is 9.90 Å². The lowest BCUT2D eigenvalue weighted by atomic mass is 9.97. The molecule has 1 aliphatic heterocycles. The molecule has 0 radical (unpaired) electrons. The first-order valence-electron chi connectivity index (χ1n) is 5.79. The number of aliphatic hydroxyl groups is 1. The molecule has 1 aliphatic rings. The molecule has 0 atom stereocenters. The van der Waals surface area contributed by atoms with Gasteiger partial charge in [-0.25, -0.2) is 9.50 Å². The molecule has 3 rings (SSSR count). The van der Waals surface area contributed by atoms with Crippen LogP contribution in [-0.4, -0.2) is 49.2 Å². The van der Waals surface area contributed by atoms with Crippen molar-refractivity contribution in [3.63, 3.8) is 0 Å². The lowest BCUT2D eigenvalue weighted by Crippen LogP contribution is -2.61. The van der Waals surface area contributed by atoms with Crippen LogP contribution in [0.15, 0.2) is 18.3 Å². The third-order valence-electron chi connectivity index (χ3n) is 3.06. The smallest absolute Gasteiger partial charge is 0.274 e. The highest BCUT2D eigenvalue weighted by Gasteiger charge is 2.40. The Kier molecular flexibility index (Phi) is 2.18. The summed E-state index contributed by atoms with van der Waals surface area (Å²) in [5.41, 5.74) is 1.14. The zero-order valence-corrected chi connectivity index (χ0v) is 10.3. The fourth-order valence-corrected chi connectivity index (χ4v) is 2.19. The van der Waals surface area contributed by atoms with Crippen LogP contribution in [0.4, 0.5) is 0 Å². The number of imidazole rings is 1. The largest absolute Gasteiger partial charge is 0.386 e. The van der Waals surface area contributed by atoms with Crippen LogP contribution in [0, 0.1) is 6.92 Å². The van der Waals surface area contributed by atoms with Gasteiger partial charge in [-0.3, -0.25) is 4.79 Å². The van der Waals surface area contributed by atoms with Gasteiger partial charge in [0.2, 0.25) is 0 Å². The molecule has 0 saturated carbocycles. The minimum absolute atomic E-state index is 0.146. The molecule has 2 aromatic heterocycles. The van der Waals surface area contributed by atoms with Gasteiger partial charge in [0.25, 0.3) is 5.91 Å². The van der Waals surface area contributed by atoms with E-state index in [0.29, 0.717) is 24.4 Å². The van der Waals surface area contributed by atoms with Crippen molar-refractivity contribution in [1.29, 1.82) is 0 Å². The fraction of sp³-hybridized carbons (Fsp3) is 0.417. The summed E-state index contributed by atoms with van der Waals surface area (Å²) < 4.78 is 1.55. The summed E-state index contributed by atoms with van der Waals surface area (Å²) in [4.78, 5) is 18.0. The van der Waals surface area contributed by atoms with Crippen molar-refractivity contribution in [3.05, 3.63) is 29.7 Å². The normalized spacial score (nSPS) is 17.8. The van der Waals surface area contributed by atoms with Gasteiger partial charge >= 0.3 is 0 Å². The molecule has 94 valence electrons. The zero-order valence-electron chi connectivity index (χ0n) is 10.3. The summed E-state index contributed by atoms with van der Waals surface area (Å²) in [6.07, 6.45) is 1.52. The molecule has 0 aromatic carbocycles. The van der Waals surface area contributed by atoms with Gasteiger partial charge in [0.1, 0.15) is 0 Å². The van der Waals surface area contributed by atoms with Gasteiger partial charge in [-0.05, 0) is 26.0 Å². The van der Waals surface area contributed by atoms with E-state index in [0.717, 1.165) is 5.69 Å². The Bertz CT molecular complexity index is 624. The lowest BCUT2D eigenvalue weighted by Gasteiger charge is -2.43. The summed E-state index contributed by atoms with van der Waals surface area (Å²) >= 11 is 0. The van der Waals surface area contributed by atoms with Crippen LogP contribution < -0.4 is 0 Å². The highest BCUT2D eigenvalue weighted by Crippen LogP contribution is 2.22. The third-order valence-corrected chi connectivity index (χ3v) is 3.06. The van der Waals surface area contributed by atoms with Crippen molar-refractivity contribution >= 4 is 11.6 Å². The molecule has 1 saturated heterocycles. The van der Waals surface area contributed by atoms with E-state index in [-0.39, 0.29) is 5.91 Å². The number of aryl methyl sites for hydroxylation is 1. The van der Waals surface area contributed by atoms with Gasteiger partial charge in [0, 0.05) is 0 Å². The molecular weight excluding hydrogens is 232 g/mol. The van der Waals surface area contributed by atoms with Crippen molar-refractivity contribution in [2.24, 2.45) is 0 Å². The quantitative estimate of drug-likeness (QED) is 0.782. The summed E-state index contributed by atoms with van der Waals surface area (Å²) in [6.45, 7) is 4.28. The number of rotatable bonds is 1. The number of β-amino-alcohol motifs (C(OH)–C–C–N with tert-alkyl or cyclic N) is 1. The second-order valence-electron chi connectivity index (χ2n) is 5.05. The van der Waals surface area contributed by atoms with Crippen LogP contribution in [0.1, 0.15) is 23.1 Å². The number of aromatic nitrogens is 3. The first kappa shape index (κ1) is 11.2. The van der Waals surface area contributed by atoms with Gasteiger partial charge < -0.3 is 10.0 Å². The molecule has 2 aromatic rings. The highest BCUT2D eigenvalue weighted by molar-refractivity contribution is 5.93. The minimum Gasteiger partial charge on any atom is -0.386 e. The molecule has 3 heterocycles. The summed E-state index contributed by atoms with van der Waals surface area (Å²) in [6, 6.07) is 3.68. The maximum absolute atomic E-state index is 12.2. The van der Waals surface area contributed by atoms with E-state index in [1.807, 2.05) is 19.1 Å². The predicted molar refractivity (Wildman–Crippen MR) is 64.3 cm³/mol. The van der Waals surface area contributed by atoms with Crippen molar-refractivity contribution in [2.45, 2.75) is 19.4 Å². The van der Waals surface area contributed by atoms with Crippen molar-refractivity contribution in [2.75, 3.05) is 13.1 Å². The maximum atomic E-state index is 12.2. The molecule has 0 aliphatic carbocycles. The molecule has 0 spiro atoms. The zero-order chi connectivity index (χ0) is 12.9. The maximum Gasteiger partial charge on any atom is 0.274 e. The average molecular weight is 246 g/mol. The Hall–Kier alpha value is -1.95. The predicted octanol–water partition coefficient (Wildman–Crippen LogP) is 0.245. The average Bonchev–Trinajstić information content (AvgIpc) is 2.67. The molecule has 0 unspecified atom stereocenters. The Morgan fingerprint density at radius 2 is 2.17 bits per heavy atom. The summed E-state index contributed by atoms with van der Waals surface area (Å²) in [7, 11) is 0.